The van der Waals surface area contributed by atoms with Crippen LogP contribution in [0.2, 0.25) is 5.02 Å². The lowest BCUT2D eigenvalue weighted by Crippen LogP contribution is -2.31. The van der Waals surface area contributed by atoms with Crippen molar-refractivity contribution in [3.05, 3.63) is 63.5 Å². The minimum atomic E-state index is -1.30. The fraction of sp³-hybridized carbons (Fsp3) is 0.100. The zero-order valence-electron chi connectivity index (χ0n) is 15.3. The van der Waals surface area contributed by atoms with Crippen LogP contribution in [0.5, 0.6) is 5.75 Å². The number of anilines is 1. The molecule has 3 amide bonds. The van der Waals surface area contributed by atoms with E-state index in [9.17, 15) is 24.3 Å². The van der Waals surface area contributed by atoms with E-state index < -0.39 is 28.8 Å². The number of thioether (sulfide) groups is 1. The van der Waals surface area contributed by atoms with E-state index >= 15 is 0 Å². The van der Waals surface area contributed by atoms with Crippen LogP contribution in [0, 0.1) is 0 Å². The Bertz CT molecular complexity index is 1070. The number of carboxylic acids is 1. The first-order chi connectivity index (χ1) is 14.2. The predicted molar refractivity (Wildman–Crippen MR) is 112 cm³/mol. The lowest BCUT2D eigenvalue weighted by Gasteiger charge is -2.12. The molecular weight excluding hydrogens is 432 g/mol. The summed E-state index contributed by atoms with van der Waals surface area (Å²) in [7, 11) is 0. The molecule has 3 rings (SSSR count). The van der Waals surface area contributed by atoms with Gasteiger partial charge in [0.1, 0.15) is 11.3 Å². The van der Waals surface area contributed by atoms with E-state index in [1.165, 1.54) is 6.07 Å². The van der Waals surface area contributed by atoms with E-state index in [0.717, 1.165) is 28.8 Å². The van der Waals surface area contributed by atoms with Gasteiger partial charge in [-0.1, -0.05) is 23.7 Å². The number of hydrogen-bond acceptors (Lipinski definition) is 6. The molecule has 0 unspecified atom stereocenters. The first-order valence-corrected chi connectivity index (χ1v) is 9.81. The third kappa shape index (κ3) is 5.00. The summed E-state index contributed by atoms with van der Waals surface area (Å²) in [6.45, 7) is -0.117. The lowest BCUT2D eigenvalue weighted by atomic mass is 10.2. The summed E-state index contributed by atoms with van der Waals surface area (Å²) in [5, 5.41) is 21.1. The Hall–Kier alpha value is -3.30. The molecule has 1 heterocycles. The number of benzene rings is 2. The molecule has 2 aromatic carbocycles. The monoisotopic (exact) mass is 446 g/mol. The summed E-state index contributed by atoms with van der Waals surface area (Å²) in [4.78, 5) is 48.9. The lowest BCUT2D eigenvalue weighted by molar-refractivity contribution is -0.123. The molecule has 8 nitrogen and oxygen atoms in total. The van der Waals surface area contributed by atoms with Gasteiger partial charge in [0.05, 0.1) is 4.91 Å². The highest BCUT2D eigenvalue weighted by atomic mass is 35.5. The highest BCUT2D eigenvalue weighted by molar-refractivity contribution is 8.18. The van der Waals surface area contributed by atoms with Crippen molar-refractivity contribution in [2.24, 2.45) is 0 Å². The van der Waals surface area contributed by atoms with Crippen LogP contribution in [-0.4, -0.2) is 44.7 Å². The molecule has 30 heavy (non-hydrogen) atoms. The summed E-state index contributed by atoms with van der Waals surface area (Å²) in [5.74, 6) is -2.77. The molecule has 0 saturated carbocycles. The SMILES string of the molecule is O=C(CCN1C(=O)S/C(=C\c2ccc(Cl)cc2)C1=O)Nc1ccc(C(=O)O)c(O)c1. The van der Waals surface area contributed by atoms with Gasteiger partial charge >= 0.3 is 5.97 Å². The number of nitrogens with one attached hydrogen (secondary N) is 1. The standard InChI is InChI=1S/C20H15ClN2O6S/c21-12-3-1-11(2-4-12)9-16-18(26)23(20(29)30-16)8-7-17(25)22-13-5-6-14(19(27)28)15(24)10-13/h1-6,9-10,24H,7-8H2,(H,22,25)(H,27,28)/b16-9-. The van der Waals surface area contributed by atoms with Crippen molar-refractivity contribution in [2.45, 2.75) is 6.42 Å². The maximum atomic E-state index is 12.5. The molecule has 0 aromatic heterocycles. The number of aromatic carboxylic acids is 1. The van der Waals surface area contributed by atoms with Crippen molar-refractivity contribution in [3.8, 4) is 5.75 Å². The van der Waals surface area contributed by atoms with Gasteiger partial charge in [-0.2, -0.15) is 0 Å². The third-order valence-corrected chi connectivity index (χ3v) is 5.28. The van der Waals surface area contributed by atoms with Gasteiger partial charge in [0, 0.05) is 29.7 Å². The maximum absolute atomic E-state index is 12.5. The van der Waals surface area contributed by atoms with Gasteiger partial charge in [-0.25, -0.2) is 4.79 Å². The number of carboxylic acid groups (broad SMARTS) is 1. The van der Waals surface area contributed by atoms with E-state index in [1.807, 2.05) is 0 Å². The maximum Gasteiger partial charge on any atom is 0.339 e. The largest absolute Gasteiger partial charge is 0.507 e. The number of nitrogens with zero attached hydrogens (tertiary/aromatic N) is 1. The molecule has 2 aromatic rings. The van der Waals surface area contributed by atoms with Crippen LogP contribution < -0.4 is 5.32 Å². The van der Waals surface area contributed by atoms with Gasteiger partial charge in [0.2, 0.25) is 5.91 Å². The minimum Gasteiger partial charge on any atom is -0.507 e. The summed E-state index contributed by atoms with van der Waals surface area (Å²) in [5.41, 5.74) is 0.616. The number of phenols is 1. The summed E-state index contributed by atoms with van der Waals surface area (Å²) >= 11 is 6.62. The predicted octanol–water partition coefficient (Wildman–Crippen LogP) is 3.81. The summed E-state index contributed by atoms with van der Waals surface area (Å²) < 4.78 is 0. The number of rotatable bonds is 6. The Morgan fingerprint density at radius 1 is 1.13 bits per heavy atom. The second-order valence-electron chi connectivity index (χ2n) is 6.22. The van der Waals surface area contributed by atoms with Gasteiger partial charge in [0.15, 0.2) is 0 Å². The molecule has 1 aliphatic rings. The van der Waals surface area contributed by atoms with Crippen LogP contribution in [0.4, 0.5) is 10.5 Å². The molecular formula is C20H15ClN2O6S. The van der Waals surface area contributed by atoms with Crippen molar-refractivity contribution >= 4 is 58.1 Å². The highest BCUT2D eigenvalue weighted by Crippen LogP contribution is 2.32. The van der Waals surface area contributed by atoms with Crippen molar-refractivity contribution < 1.29 is 29.4 Å². The Kier molecular flexibility index (Phi) is 6.43. The number of imide groups is 1. The fourth-order valence-electron chi connectivity index (χ4n) is 2.63. The zero-order valence-corrected chi connectivity index (χ0v) is 16.9. The van der Waals surface area contributed by atoms with Crippen molar-refractivity contribution in [2.75, 3.05) is 11.9 Å². The average molecular weight is 447 g/mol. The fourth-order valence-corrected chi connectivity index (χ4v) is 3.62. The number of carbonyl (C=O) groups excluding carboxylic acids is 3. The molecule has 1 fully saturated rings. The van der Waals surface area contributed by atoms with Crippen LogP contribution in [0.1, 0.15) is 22.3 Å². The number of hydrogen-bond donors (Lipinski definition) is 3. The van der Waals surface area contributed by atoms with Crippen LogP contribution in [-0.2, 0) is 9.59 Å². The van der Waals surface area contributed by atoms with Crippen LogP contribution >= 0.6 is 23.4 Å². The Balaban J connectivity index is 1.60. The van der Waals surface area contributed by atoms with Gasteiger partial charge in [-0.3, -0.25) is 19.3 Å². The molecule has 0 bridgehead atoms. The summed E-state index contributed by atoms with van der Waals surface area (Å²) in [6, 6.07) is 10.4. The smallest absolute Gasteiger partial charge is 0.339 e. The van der Waals surface area contributed by atoms with E-state index in [0.29, 0.717) is 10.6 Å². The first kappa shape index (κ1) is 21.4. The van der Waals surface area contributed by atoms with Crippen LogP contribution in [0.25, 0.3) is 6.08 Å². The van der Waals surface area contributed by atoms with E-state index in [4.69, 9.17) is 16.7 Å². The zero-order chi connectivity index (χ0) is 21.8. The van der Waals surface area contributed by atoms with Gasteiger partial charge in [-0.05, 0) is 47.7 Å². The highest BCUT2D eigenvalue weighted by Gasteiger charge is 2.35. The molecule has 1 saturated heterocycles. The normalized spacial score (nSPS) is 15.0. The van der Waals surface area contributed by atoms with Gasteiger partial charge in [-0.15, -0.1) is 0 Å². The van der Waals surface area contributed by atoms with Crippen LogP contribution in [0.3, 0.4) is 0 Å². The van der Waals surface area contributed by atoms with E-state index in [-0.39, 0.29) is 29.1 Å². The first-order valence-electron chi connectivity index (χ1n) is 8.61. The van der Waals surface area contributed by atoms with E-state index in [1.54, 1.807) is 30.3 Å². The number of amides is 3. The van der Waals surface area contributed by atoms with E-state index in [2.05, 4.69) is 5.32 Å². The van der Waals surface area contributed by atoms with Gasteiger partial charge in [0.25, 0.3) is 11.1 Å². The molecule has 0 atom stereocenters. The topological polar surface area (TPSA) is 124 Å². The third-order valence-electron chi connectivity index (χ3n) is 4.12. The Morgan fingerprint density at radius 2 is 1.83 bits per heavy atom. The molecule has 154 valence electrons. The minimum absolute atomic E-state index is 0.117. The Morgan fingerprint density at radius 3 is 2.47 bits per heavy atom. The van der Waals surface area contributed by atoms with Crippen molar-refractivity contribution in [1.82, 2.24) is 4.90 Å². The van der Waals surface area contributed by atoms with Gasteiger partial charge < -0.3 is 15.5 Å². The number of halogens is 1. The molecule has 0 spiro atoms. The van der Waals surface area contributed by atoms with Crippen LogP contribution in [0.15, 0.2) is 47.4 Å². The van der Waals surface area contributed by atoms with Crippen molar-refractivity contribution in [3.63, 3.8) is 0 Å². The molecule has 1 aliphatic heterocycles. The molecule has 0 aliphatic carbocycles. The molecule has 0 radical (unpaired) electrons. The number of aromatic hydroxyl groups is 1. The molecule has 3 N–H and O–H groups in total. The second kappa shape index (κ2) is 9.02. The average Bonchev–Trinajstić information content (AvgIpc) is 2.94. The van der Waals surface area contributed by atoms with Crippen molar-refractivity contribution in [1.29, 1.82) is 0 Å². The Labute approximate surface area is 180 Å². The quantitative estimate of drug-likeness (QED) is 0.576. The second-order valence-corrected chi connectivity index (χ2v) is 7.65. The molecule has 10 heteroatoms. The summed E-state index contributed by atoms with van der Waals surface area (Å²) in [6.07, 6.45) is 1.42. The number of carbonyl (C=O) groups is 4.